The third-order valence-corrected chi connectivity index (χ3v) is 2.76. The lowest BCUT2D eigenvalue weighted by Gasteiger charge is -2.14. The topological polar surface area (TPSA) is 60.7 Å². The Balaban J connectivity index is 1.83. The average molecular weight is 275 g/mol. The summed E-state index contributed by atoms with van der Waals surface area (Å²) in [6, 6.07) is 10.7. The quantitative estimate of drug-likeness (QED) is 0.879. The predicted molar refractivity (Wildman–Crippen MR) is 73.6 cm³/mol. The van der Waals surface area contributed by atoms with Crippen LogP contribution in [0.15, 0.2) is 47.1 Å². The Kier molecular flexibility index (Phi) is 4.65. The standard InChI is InChI=1S/C15H17NO4/c1-11(15(17)16-10-14-4-3-9-19-14)20-13-7-5-12(18-2)6-8-13/h3-9,11H,10H2,1-2H3,(H,16,17)/t11-/m1/s1. The third kappa shape index (κ3) is 3.78. The molecule has 106 valence electrons. The van der Waals surface area contributed by atoms with Crippen LogP contribution in [0.4, 0.5) is 0 Å². The smallest absolute Gasteiger partial charge is 0.261 e. The molecule has 0 unspecified atom stereocenters. The van der Waals surface area contributed by atoms with Gasteiger partial charge in [0.15, 0.2) is 6.10 Å². The number of carbonyl (C=O) groups excluding carboxylic acids is 1. The van der Waals surface area contributed by atoms with Crippen LogP contribution in [-0.2, 0) is 11.3 Å². The van der Waals surface area contributed by atoms with Crippen molar-refractivity contribution < 1.29 is 18.7 Å². The maximum atomic E-state index is 11.9. The molecule has 1 aromatic carbocycles. The maximum absolute atomic E-state index is 11.9. The zero-order valence-corrected chi connectivity index (χ0v) is 11.5. The van der Waals surface area contributed by atoms with Gasteiger partial charge in [-0.1, -0.05) is 0 Å². The molecule has 0 radical (unpaired) electrons. The van der Waals surface area contributed by atoms with E-state index in [0.717, 1.165) is 5.75 Å². The lowest BCUT2D eigenvalue weighted by Crippen LogP contribution is -2.35. The molecule has 5 nitrogen and oxygen atoms in total. The third-order valence-electron chi connectivity index (χ3n) is 2.76. The average Bonchev–Trinajstić information content (AvgIpc) is 2.98. The molecule has 0 saturated heterocycles. The summed E-state index contributed by atoms with van der Waals surface area (Å²) in [4.78, 5) is 11.9. The lowest BCUT2D eigenvalue weighted by molar-refractivity contribution is -0.127. The van der Waals surface area contributed by atoms with E-state index >= 15 is 0 Å². The molecule has 2 aromatic rings. The second kappa shape index (κ2) is 6.65. The van der Waals surface area contributed by atoms with Gasteiger partial charge < -0.3 is 19.2 Å². The Morgan fingerprint density at radius 3 is 2.55 bits per heavy atom. The Labute approximate surface area is 117 Å². The Morgan fingerprint density at radius 1 is 1.25 bits per heavy atom. The molecule has 0 spiro atoms. The Bertz CT molecular complexity index is 534. The van der Waals surface area contributed by atoms with Crippen molar-refractivity contribution in [3.05, 3.63) is 48.4 Å². The number of benzene rings is 1. The van der Waals surface area contributed by atoms with Crippen molar-refractivity contribution in [2.24, 2.45) is 0 Å². The van der Waals surface area contributed by atoms with E-state index in [4.69, 9.17) is 13.9 Å². The van der Waals surface area contributed by atoms with E-state index in [1.807, 2.05) is 0 Å². The van der Waals surface area contributed by atoms with Crippen LogP contribution in [0.2, 0.25) is 0 Å². The summed E-state index contributed by atoms with van der Waals surface area (Å²) < 4.78 is 15.7. The van der Waals surface area contributed by atoms with E-state index in [1.165, 1.54) is 0 Å². The number of furan rings is 1. The molecule has 0 aliphatic rings. The number of hydrogen-bond donors (Lipinski definition) is 1. The Morgan fingerprint density at radius 2 is 1.95 bits per heavy atom. The SMILES string of the molecule is COc1ccc(O[C@H](C)C(=O)NCc2ccco2)cc1. The normalized spacial score (nSPS) is 11.7. The molecule has 2 rings (SSSR count). The molecule has 0 aliphatic carbocycles. The van der Waals surface area contributed by atoms with Gasteiger partial charge in [0.1, 0.15) is 17.3 Å². The zero-order chi connectivity index (χ0) is 14.4. The van der Waals surface area contributed by atoms with Crippen LogP contribution in [-0.4, -0.2) is 19.1 Å². The van der Waals surface area contributed by atoms with Crippen molar-refractivity contribution in [2.45, 2.75) is 19.6 Å². The van der Waals surface area contributed by atoms with Gasteiger partial charge in [-0.2, -0.15) is 0 Å². The van der Waals surface area contributed by atoms with Gasteiger partial charge in [0.2, 0.25) is 0 Å². The van der Waals surface area contributed by atoms with E-state index in [1.54, 1.807) is 56.7 Å². The van der Waals surface area contributed by atoms with Crippen LogP contribution in [0, 0.1) is 0 Å². The number of amides is 1. The van der Waals surface area contributed by atoms with Crippen molar-refractivity contribution in [1.82, 2.24) is 5.32 Å². The van der Waals surface area contributed by atoms with Crippen LogP contribution in [0.3, 0.4) is 0 Å². The molecule has 1 heterocycles. The van der Waals surface area contributed by atoms with Gasteiger partial charge in [0.25, 0.3) is 5.91 Å². The summed E-state index contributed by atoms with van der Waals surface area (Å²) in [5.41, 5.74) is 0. The number of methoxy groups -OCH3 is 1. The van der Waals surface area contributed by atoms with Gasteiger partial charge in [0.05, 0.1) is 19.9 Å². The molecule has 0 bridgehead atoms. The summed E-state index contributed by atoms with van der Waals surface area (Å²) in [5.74, 6) is 1.87. The summed E-state index contributed by atoms with van der Waals surface area (Å²) in [6.45, 7) is 2.05. The van der Waals surface area contributed by atoms with Crippen LogP contribution in [0.1, 0.15) is 12.7 Å². The minimum atomic E-state index is -0.585. The fourth-order valence-corrected chi connectivity index (χ4v) is 1.64. The van der Waals surface area contributed by atoms with Crippen molar-refractivity contribution in [1.29, 1.82) is 0 Å². The number of rotatable bonds is 6. The van der Waals surface area contributed by atoms with E-state index in [-0.39, 0.29) is 5.91 Å². The van der Waals surface area contributed by atoms with Gasteiger partial charge in [0, 0.05) is 0 Å². The first-order chi connectivity index (χ1) is 9.69. The second-order valence-electron chi connectivity index (χ2n) is 4.23. The summed E-state index contributed by atoms with van der Waals surface area (Å²) in [7, 11) is 1.60. The van der Waals surface area contributed by atoms with Crippen LogP contribution in [0.25, 0.3) is 0 Å². The highest BCUT2D eigenvalue weighted by Gasteiger charge is 2.14. The second-order valence-corrected chi connectivity index (χ2v) is 4.23. The van der Waals surface area contributed by atoms with Gasteiger partial charge in [-0.05, 0) is 43.3 Å². The largest absolute Gasteiger partial charge is 0.497 e. The van der Waals surface area contributed by atoms with E-state index in [0.29, 0.717) is 18.1 Å². The monoisotopic (exact) mass is 275 g/mol. The minimum Gasteiger partial charge on any atom is -0.497 e. The highest BCUT2D eigenvalue weighted by molar-refractivity contribution is 5.80. The van der Waals surface area contributed by atoms with Gasteiger partial charge in [-0.15, -0.1) is 0 Å². The van der Waals surface area contributed by atoms with Crippen molar-refractivity contribution in [3.63, 3.8) is 0 Å². The molecule has 1 aromatic heterocycles. The fraction of sp³-hybridized carbons (Fsp3) is 0.267. The lowest BCUT2D eigenvalue weighted by atomic mass is 10.3. The number of hydrogen-bond acceptors (Lipinski definition) is 4. The first-order valence-corrected chi connectivity index (χ1v) is 6.30. The van der Waals surface area contributed by atoms with Gasteiger partial charge >= 0.3 is 0 Å². The van der Waals surface area contributed by atoms with Crippen molar-refractivity contribution >= 4 is 5.91 Å². The first-order valence-electron chi connectivity index (χ1n) is 6.30. The predicted octanol–water partition coefficient (Wildman–Crippen LogP) is 2.37. The molecular weight excluding hydrogens is 258 g/mol. The fourth-order valence-electron chi connectivity index (χ4n) is 1.64. The van der Waals surface area contributed by atoms with E-state index in [9.17, 15) is 4.79 Å². The molecule has 1 atom stereocenters. The van der Waals surface area contributed by atoms with E-state index < -0.39 is 6.10 Å². The highest BCUT2D eigenvalue weighted by Crippen LogP contribution is 2.18. The molecule has 1 amide bonds. The maximum Gasteiger partial charge on any atom is 0.261 e. The van der Waals surface area contributed by atoms with Gasteiger partial charge in [-0.25, -0.2) is 0 Å². The van der Waals surface area contributed by atoms with Crippen molar-refractivity contribution in [3.8, 4) is 11.5 Å². The number of nitrogens with one attached hydrogen (secondary N) is 1. The van der Waals surface area contributed by atoms with Crippen LogP contribution in [0.5, 0.6) is 11.5 Å². The van der Waals surface area contributed by atoms with Crippen molar-refractivity contribution in [2.75, 3.05) is 7.11 Å². The highest BCUT2D eigenvalue weighted by atomic mass is 16.5. The van der Waals surface area contributed by atoms with Crippen LogP contribution < -0.4 is 14.8 Å². The van der Waals surface area contributed by atoms with E-state index in [2.05, 4.69) is 5.32 Å². The molecule has 0 fully saturated rings. The summed E-state index contributed by atoms with van der Waals surface area (Å²) >= 11 is 0. The Hall–Kier alpha value is -2.43. The van der Waals surface area contributed by atoms with Gasteiger partial charge in [-0.3, -0.25) is 4.79 Å². The summed E-state index contributed by atoms with van der Waals surface area (Å²) in [6.07, 6.45) is 0.983. The number of carbonyl (C=O) groups is 1. The molecule has 0 aliphatic heterocycles. The summed E-state index contributed by atoms with van der Waals surface area (Å²) in [5, 5.41) is 2.75. The first kappa shape index (κ1) is 14.0. The molecule has 1 N–H and O–H groups in total. The molecule has 20 heavy (non-hydrogen) atoms. The number of ether oxygens (including phenoxy) is 2. The molecule has 5 heteroatoms. The molecule has 0 saturated carbocycles. The minimum absolute atomic E-state index is 0.197. The van der Waals surface area contributed by atoms with Crippen LogP contribution >= 0.6 is 0 Å². The zero-order valence-electron chi connectivity index (χ0n) is 11.5. The molecular formula is C15H17NO4.